The molecular weight excluding hydrogens is 236 g/mol. The summed E-state index contributed by atoms with van der Waals surface area (Å²) >= 11 is 0. The van der Waals surface area contributed by atoms with Crippen LogP contribution in [0.5, 0.6) is 0 Å². The average molecular weight is 246 g/mol. The number of rotatable bonds is 1. The van der Waals surface area contributed by atoms with E-state index in [0.29, 0.717) is 18.4 Å². The summed E-state index contributed by atoms with van der Waals surface area (Å²) in [5, 5.41) is 0. The molecule has 0 amide bonds. The molecule has 0 bridgehead atoms. The third-order valence-corrected chi connectivity index (χ3v) is 3.01. The average Bonchev–Trinajstić information content (AvgIpc) is 2.64. The molecule has 1 saturated carbocycles. The number of hydrogen-bond acceptors (Lipinski definition) is 1. The number of hydrogen-bond donors (Lipinski definition) is 0. The normalized spacial score (nSPS) is 20.9. The summed E-state index contributed by atoms with van der Waals surface area (Å²) < 4.78 is 50.5. The van der Waals surface area contributed by atoms with Crippen LogP contribution >= 0.6 is 0 Å². The predicted molar refractivity (Wildman–Crippen MR) is 53.0 cm³/mol. The molecule has 0 aromatic heterocycles. The van der Waals surface area contributed by atoms with Gasteiger partial charge in [0.15, 0.2) is 0 Å². The molecule has 0 N–H and O–H groups in total. The SMILES string of the molecule is O=C1CC[C@H](c2ccc(F)c(C(F)(F)F)c2)C1. The Morgan fingerprint density at radius 2 is 1.94 bits per heavy atom. The highest BCUT2D eigenvalue weighted by atomic mass is 19.4. The minimum absolute atomic E-state index is 0.0490. The number of Topliss-reactive ketones (excluding diaryl/α,β-unsaturated/α-hetero) is 1. The molecular formula is C12H10F4O. The van der Waals surface area contributed by atoms with Crippen molar-refractivity contribution in [1.29, 1.82) is 0 Å². The molecule has 5 heteroatoms. The van der Waals surface area contributed by atoms with Crippen molar-refractivity contribution in [3.63, 3.8) is 0 Å². The molecule has 0 spiro atoms. The molecule has 1 aromatic carbocycles. The van der Waals surface area contributed by atoms with Crippen LogP contribution in [-0.4, -0.2) is 5.78 Å². The molecule has 17 heavy (non-hydrogen) atoms. The molecule has 1 fully saturated rings. The maximum Gasteiger partial charge on any atom is 0.419 e. The van der Waals surface area contributed by atoms with Crippen molar-refractivity contribution < 1.29 is 22.4 Å². The number of benzene rings is 1. The van der Waals surface area contributed by atoms with Crippen LogP contribution in [0.3, 0.4) is 0 Å². The van der Waals surface area contributed by atoms with Crippen molar-refractivity contribution in [2.24, 2.45) is 0 Å². The van der Waals surface area contributed by atoms with Crippen LogP contribution in [0.1, 0.15) is 36.3 Å². The second kappa shape index (κ2) is 4.13. The third kappa shape index (κ3) is 2.48. The number of alkyl halides is 3. The van der Waals surface area contributed by atoms with Crippen molar-refractivity contribution in [1.82, 2.24) is 0 Å². The van der Waals surface area contributed by atoms with Gasteiger partial charge in [-0.15, -0.1) is 0 Å². The van der Waals surface area contributed by atoms with Crippen molar-refractivity contribution in [3.05, 3.63) is 35.1 Å². The fourth-order valence-corrected chi connectivity index (χ4v) is 2.11. The Morgan fingerprint density at radius 1 is 1.24 bits per heavy atom. The van der Waals surface area contributed by atoms with Crippen LogP contribution in [0.25, 0.3) is 0 Å². The number of ketones is 1. The molecule has 1 aliphatic carbocycles. The highest BCUT2D eigenvalue weighted by molar-refractivity contribution is 5.81. The first-order valence-electron chi connectivity index (χ1n) is 5.26. The maximum atomic E-state index is 13.0. The van der Waals surface area contributed by atoms with E-state index in [-0.39, 0.29) is 18.1 Å². The lowest BCUT2D eigenvalue weighted by Gasteiger charge is -2.13. The van der Waals surface area contributed by atoms with Gasteiger partial charge in [0.1, 0.15) is 11.6 Å². The molecule has 2 rings (SSSR count). The number of carbonyl (C=O) groups is 1. The monoisotopic (exact) mass is 246 g/mol. The lowest BCUT2D eigenvalue weighted by molar-refractivity contribution is -0.140. The van der Waals surface area contributed by atoms with E-state index in [4.69, 9.17) is 0 Å². The van der Waals surface area contributed by atoms with Crippen molar-refractivity contribution in [3.8, 4) is 0 Å². The zero-order valence-electron chi connectivity index (χ0n) is 8.85. The summed E-state index contributed by atoms with van der Waals surface area (Å²) in [7, 11) is 0. The lowest BCUT2D eigenvalue weighted by Crippen LogP contribution is -2.09. The molecule has 0 aliphatic heterocycles. The Bertz CT molecular complexity index is 450. The second-order valence-corrected chi connectivity index (χ2v) is 4.22. The van der Waals surface area contributed by atoms with E-state index in [1.165, 1.54) is 6.07 Å². The third-order valence-electron chi connectivity index (χ3n) is 3.01. The van der Waals surface area contributed by atoms with E-state index in [1.54, 1.807) is 0 Å². The summed E-state index contributed by atoms with van der Waals surface area (Å²) in [6.07, 6.45) is -3.50. The summed E-state index contributed by atoms with van der Waals surface area (Å²) in [6.45, 7) is 0. The van der Waals surface area contributed by atoms with Gasteiger partial charge in [-0.2, -0.15) is 13.2 Å². The Kier molecular flexibility index (Phi) is 2.93. The van der Waals surface area contributed by atoms with Gasteiger partial charge in [0, 0.05) is 12.8 Å². The Balaban J connectivity index is 2.34. The lowest BCUT2D eigenvalue weighted by atomic mass is 9.95. The van der Waals surface area contributed by atoms with Gasteiger partial charge in [0.05, 0.1) is 5.56 Å². The van der Waals surface area contributed by atoms with E-state index in [1.807, 2.05) is 0 Å². The fraction of sp³-hybridized carbons (Fsp3) is 0.417. The van der Waals surface area contributed by atoms with Gasteiger partial charge in [-0.3, -0.25) is 4.79 Å². The minimum Gasteiger partial charge on any atom is -0.300 e. The minimum atomic E-state index is -4.69. The van der Waals surface area contributed by atoms with Gasteiger partial charge in [-0.1, -0.05) is 6.07 Å². The summed E-state index contributed by atoms with van der Waals surface area (Å²) in [4.78, 5) is 11.1. The first kappa shape index (κ1) is 12.1. The first-order chi connectivity index (χ1) is 7.88. The van der Waals surface area contributed by atoms with Crippen molar-refractivity contribution >= 4 is 5.78 Å². The standard InChI is InChI=1S/C12H10F4O/c13-11-4-2-8(6-10(11)12(14,15)16)7-1-3-9(17)5-7/h2,4,6-7H,1,3,5H2/t7-/m0/s1. The van der Waals surface area contributed by atoms with Crippen LogP contribution < -0.4 is 0 Å². The molecule has 0 radical (unpaired) electrons. The predicted octanol–water partition coefficient (Wildman–Crippen LogP) is 3.68. The second-order valence-electron chi connectivity index (χ2n) is 4.22. The largest absolute Gasteiger partial charge is 0.419 e. The molecule has 92 valence electrons. The Labute approximate surface area is 95.4 Å². The zero-order chi connectivity index (χ0) is 12.6. The number of halogens is 4. The summed E-state index contributed by atoms with van der Waals surface area (Å²) in [5.74, 6) is -1.43. The zero-order valence-corrected chi connectivity index (χ0v) is 8.85. The van der Waals surface area contributed by atoms with Gasteiger partial charge in [0.2, 0.25) is 0 Å². The van der Waals surface area contributed by atoms with Crippen LogP contribution in [0.2, 0.25) is 0 Å². The Morgan fingerprint density at radius 3 is 2.47 bits per heavy atom. The van der Waals surface area contributed by atoms with Crippen molar-refractivity contribution in [2.45, 2.75) is 31.4 Å². The van der Waals surface area contributed by atoms with E-state index >= 15 is 0 Å². The molecule has 1 aromatic rings. The highest BCUT2D eigenvalue weighted by Crippen LogP contribution is 2.37. The Hall–Kier alpha value is -1.39. The number of carbonyl (C=O) groups excluding carboxylic acids is 1. The topological polar surface area (TPSA) is 17.1 Å². The van der Waals surface area contributed by atoms with Crippen LogP contribution in [-0.2, 0) is 11.0 Å². The van der Waals surface area contributed by atoms with Gasteiger partial charge < -0.3 is 0 Å². The molecule has 1 aliphatic rings. The molecule has 0 unspecified atom stereocenters. The van der Waals surface area contributed by atoms with Crippen LogP contribution in [0.4, 0.5) is 17.6 Å². The molecule has 1 nitrogen and oxygen atoms in total. The van der Waals surface area contributed by atoms with Crippen LogP contribution in [0.15, 0.2) is 18.2 Å². The maximum absolute atomic E-state index is 13.0. The van der Waals surface area contributed by atoms with Gasteiger partial charge >= 0.3 is 6.18 Å². The van der Waals surface area contributed by atoms with E-state index < -0.39 is 17.6 Å². The van der Waals surface area contributed by atoms with E-state index in [0.717, 1.165) is 12.1 Å². The quantitative estimate of drug-likeness (QED) is 0.691. The van der Waals surface area contributed by atoms with E-state index in [9.17, 15) is 22.4 Å². The summed E-state index contributed by atoms with van der Waals surface area (Å²) in [6, 6.07) is 2.97. The van der Waals surface area contributed by atoms with E-state index in [2.05, 4.69) is 0 Å². The first-order valence-corrected chi connectivity index (χ1v) is 5.26. The molecule has 1 atom stereocenters. The highest BCUT2D eigenvalue weighted by Gasteiger charge is 2.35. The fourth-order valence-electron chi connectivity index (χ4n) is 2.11. The smallest absolute Gasteiger partial charge is 0.300 e. The van der Waals surface area contributed by atoms with Gasteiger partial charge in [-0.05, 0) is 30.0 Å². The molecule has 0 saturated heterocycles. The van der Waals surface area contributed by atoms with Crippen LogP contribution in [0, 0.1) is 5.82 Å². The summed E-state index contributed by atoms with van der Waals surface area (Å²) in [5.41, 5.74) is -0.862. The van der Waals surface area contributed by atoms with Gasteiger partial charge in [0.25, 0.3) is 0 Å². The molecule has 0 heterocycles. The van der Waals surface area contributed by atoms with Crippen molar-refractivity contribution in [2.75, 3.05) is 0 Å². The van der Waals surface area contributed by atoms with Gasteiger partial charge in [-0.25, -0.2) is 4.39 Å².